The summed E-state index contributed by atoms with van der Waals surface area (Å²) in [5.74, 6) is 0.174. The lowest BCUT2D eigenvalue weighted by Gasteiger charge is -2.06. The van der Waals surface area contributed by atoms with Crippen LogP contribution in [0.25, 0.3) is 0 Å². The Kier molecular flexibility index (Phi) is 5.13. The molecule has 1 amide bonds. The number of methoxy groups -OCH3 is 1. The van der Waals surface area contributed by atoms with Gasteiger partial charge in [-0.05, 0) is 12.1 Å². The summed E-state index contributed by atoms with van der Waals surface area (Å²) >= 11 is 0. The standard InChI is InChI=1S/C12H17N3O3/c1-15(2)8-11(16)14-13-7-9-5-4-6-10(18-3)12(9)17/h4-7,17H,8H2,1-3H3,(H,14,16)/p+1/b13-7+. The average Bonchev–Trinajstić information content (AvgIpc) is 2.30. The van der Waals surface area contributed by atoms with E-state index in [1.807, 2.05) is 14.1 Å². The Hall–Kier alpha value is -2.08. The van der Waals surface area contributed by atoms with Gasteiger partial charge in [0.05, 0.1) is 27.4 Å². The van der Waals surface area contributed by atoms with Crippen molar-refractivity contribution in [1.82, 2.24) is 5.43 Å². The second kappa shape index (κ2) is 6.61. The van der Waals surface area contributed by atoms with Crippen LogP contribution in [0.5, 0.6) is 11.5 Å². The Balaban J connectivity index is 2.65. The molecule has 0 atom stereocenters. The molecule has 1 rings (SSSR count). The molecule has 6 heteroatoms. The first kappa shape index (κ1) is 14.0. The second-order valence-corrected chi connectivity index (χ2v) is 4.08. The van der Waals surface area contributed by atoms with Gasteiger partial charge in [0.2, 0.25) is 0 Å². The van der Waals surface area contributed by atoms with Gasteiger partial charge in [0.1, 0.15) is 0 Å². The zero-order valence-corrected chi connectivity index (χ0v) is 10.7. The molecule has 0 aliphatic rings. The van der Waals surface area contributed by atoms with Crippen molar-refractivity contribution >= 4 is 12.1 Å². The molecule has 0 aliphatic heterocycles. The van der Waals surface area contributed by atoms with Crippen LogP contribution in [0, 0.1) is 0 Å². The van der Waals surface area contributed by atoms with Gasteiger partial charge in [-0.15, -0.1) is 0 Å². The summed E-state index contributed by atoms with van der Waals surface area (Å²) in [4.78, 5) is 12.3. The van der Waals surface area contributed by atoms with Crippen molar-refractivity contribution in [3.63, 3.8) is 0 Å². The highest BCUT2D eigenvalue weighted by molar-refractivity contribution is 5.86. The van der Waals surface area contributed by atoms with Crippen molar-refractivity contribution in [2.24, 2.45) is 5.10 Å². The van der Waals surface area contributed by atoms with E-state index < -0.39 is 0 Å². The van der Waals surface area contributed by atoms with Crippen molar-refractivity contribution in [2.75, 3.05) is 27.7 Å². The van der Waals surface area contributed by atoms with E-state index in [1.54, 1.807) is 18.2 Å². The van der Waals surface area contributed by atoms with Crippen LogP contribution in [-0.4, -0.2) is 45.0 Å². The number of amides is 1. The summed E-state index contributed by atoms with van der Waals surface area (Å²) in [6.07, 6.45) is 1.38. The van der Waals surface area contributed by atoms with Crippen molar-refractivity contribution in [1.29, 1.82) is 0 Å². The Morgan fingerprint density at radius 3 is 2.89 bits per heavy atom. The number of quaternary nitrogens is 1. The minimum Gasteiger partial charge on any atom is -0.504 e. The molecule has 0 saturated carbocycles. The monoisotopic (exact) mass is 252 g/mol. The number of phenols is 1. The van der Waals surface area contributed by atoms with Gasteiger partial charge < -0.3 is 14.7 Å². The molecule has 0 spiro atoms. The molecule has 1 aromatic rings. The summed E-state index contributed by atoms with van der Waals surface area (Å²) < 4.78 is 4.96. The molecular formula is C12H18N3O3+. The molecule has 0 bridgehead atoms. The highest BCUT2D eigenvalue weighted by Crippen LogP contribution is 2.27. The molecule has 0 aliphatic carbocycles. The highest BCUT2D eigenvalue weighted by Gasteiger charge is 2.06. The van der Waals surface area contributed by atoms with E-state index in [-0.39, 0.29) is 11.7 Å². The maximum absolute atomic E-state index is 11.3. The SMILES string of the molecule is COc1cccc(/C=N/NC(=O)C[NH+](C)C)c1O. The predicted octanol–water partition coefficient (Wildman–Crippen LogP) is -1.00. The molecule has 6 nitrogen and oxygen atoms in total. The van der Waals surface area contributed by atoms with Crippen molar-refractivity contribution in [2.45, 2.75) is 0 Å². The van der Waals surface area contributed by atoms with Crippen LogP contribution >= 0.6 is 0 Å². The van der Waals surface area contributed by atoms with Gasteiger partial charge in [-0.1, -0.05) is 6.07 Å². The molecule has 0 unspecified atom stereocenters. The van der Waals surface area contributed by atoms with Gasteiger partial charge >= 0.3 is 0 Å². The number of aromatic hydroxyl groups is 1. The second-order valence-electron chi connectivity index (χ2n) is 4.08. The van der Waals surface area contributed by atoms with E-state index >= 15 is 0 Å². The minimum absolute atomic E-state index is 0.00349. The number of para-hydroxylation sites is 1. The summed E-state index contributed by atoms with van der Waals surface area (Å²) in [7, 11) is 5.21. The van der Waals surface area contributed by atoms with Crippen molar-refractivity contribution < 1.29 is 19.5 Å². The number of hydrogen-bond donors (Lipinski definition) is 3. The van der Waals surface area contributed by atoms with Crippen LogP contribution in [-0.2, 0) is 4.79 Å². The third kappa shape index (κ3) is 4.06. The van der Waals surface area contributed by atoms with E-state index in [0.29, 0.717) is 17.9 Å². The van der Waals surface area contributed by atoms with Crippen LogP contribution in [0.4, 0.5) is 0 Å². The van der Waals surface area contributed by atoms with Gasteiger partial charge in [0.25, 0.3) is 5.91 Å². The topological polar surface area (TPSA) is 75.4 Å². The zero-order chi connectivity index (χ0) is 13.5. The Bertz CT molecular complexity index is 444. The van der Waals surface area contributed by atoms with E-state index in [0.717, 1.165) is 4.90 Å². The van der Waals surface area contributed by atoms with Crippen molar-refractivity contribution in [3.05, 3.63) is 23.8 Å². The summed E-state index contributed by atoms with van der Waals surface area (Å²) in [5, 5.41) is 13.5. The van der Waals surface area contributed by atoms with E-state index in [1.165, 1.54) is 13.3 Å². The molecule has 0 radical (unpaired) electrons. The number of carbonyl (C=O) groups is 1. The van der Waals surface area contributed by atoms with Gasteiger partial charge in [-0.2, -0.15) is 5.10 Å². The third-order valence-electron chi connectivity index (χ3n) is 2.16. The first-order chi connectivity index (χ1) is 8.54. The number of nitrogens with one attached hydrogen (secondary N) is 2. The van der Waals surface area contributed by atoms with Crippen LogP contribution in [0.15, 0.2) is 23.3 Å². The minimum atomic E-state index is -0.186. The average molecular weight is 252 g/mol. The Morgan fingerprint density at radius 1 is 1.56 bits per heavy atom. The Morgan fingerprint density at radius 2 is 2.28 bits per heavy atom. The van der Waals surface area contributed by atoms with Crippen LogP contribution in [0.2, 0.25) is 0 Å². The number of phenolic OH excluding ortho intramolecular Hbond substituents is 1. The molecule has 0 saturated heterocycles. The van der Waals surface area contributed by atoms with Gasteiger partial charge in [0.15, 0.2) is 18.0 Å². The Labute approximate surface area is 106 Å². The maximum Gasteiger partial charge on any atom is 0.295 e. The summed E-state index contributed by atoms with van der Waals surface area (Å²) in [5.41, 5.74) is 2.86. The molecule has 18 heavy (non-hydrogen) atoms. The normalized spacial score (nSPS) is 10.9. The van der Waals surface area contributed by atoms with Crippen LogP contribution in [0.1, 0.15) is 5.56 Å². The number of benzene rings is 1. The van der Waals surface area contributed by atoms with Crippen LogP contribution < -0.4 is 15.1 Å². The number of carbonyl (C=O) groups excluding carboxylic acids is 1. The summed E-state index contributed by atoms with van der Waals surface area (Å²) in [6.45, 7) is 0.335. The van der Waals surface area contributed by atoms with E-state index in [9.17, 15) is 9.90 Å². The van der Waals surface area contributed by atoms with Gasteiger partial charge in [0, 0.05) is 5.56 Å². The van der Waals surface area contributed by atoms with Gasteiger partial charge in [-0.25, -0.2) is 5.43 Å². The molecule has 1 aromatic carbocycles. The molecule has 0 aromatic heterocycles. The highest BCUT2D eigenvalue weighted by atomic mass is 16.5. The van der Waals surface area contributed by atoms with Crippen molar-refractivity contribution in [3.8, 4) is 11.5 Å². The van der Waals surface area contributed by atoms with E-state index in [4.69, 9.17) is 4.74 Å². The van der Waals surface area contributed by atoms with E-state index in [2.05, 4.69) is 10.5 Å². The molecule has 0 heterocycles. The lowest BCUT2D eigenvalue weighted by atomic mass is 10.2. The molecular weight excluding hydrogens is 234 g/mol. The fourth-order valence-electron chi connectivity index (χ4n) is 1.34. The first-order valence-corrected chi connectivity index (χ1v) is 5.51. The number of likely N-dealkylation sites (N-methyl/N-ethyl adjacent to an activating group) is 1. The number of ether oxygens (including phenoxy) is 1. The quantitative estimate of drug-likeness (QED) is 0.464. The molecule has 98 valence electrons. The smallest absolute Gasteiger partial charge is 0.295 e. The lowest BCUT2D eigenvalue weighted by molar-refractivity contribution is -0.849. The largest absolute Gasteiger partial charge is 0.504 e. The van der Waals surface area contributed by atoms with Crippen LogP contribution in [0.3, 0.4) is 0 Å². The summed E-state index contributed by atoms with van der Waals surface area (Å²) in [6, 6.07) is 5.04. The predicted molar refractivity (Wildman–Crippen MR) is 68.1 cm³/mol. The molecule has 3 N–H and O–H groups in total. The number of hydrazone groups is 1. The first-order valence-electron chi connectivity index (χ1n) is 5.51. The number of rotatable bonds is 5. The fourth-order valence-corrected chi connectivity index (χ4v) is 1.34. The maximum atomic E-state index is 11.3. The fraction of sp³-hybridized carbons (Fsp3) is 0.333. The van der Waals surface area contributed by atoms with Gasteiger partial charge in [-0.3, -0.25) is 4.79 Å². The number of hydrogen-bond acceptors (Lipinski definition) is 4. The number of nitrogens with zero attached hydrogens (tertiary/aromatic N) is 1. The lowest BCUT2D eigenvalue weighted by Crippen LogP contribution is -3.07. The zero-order valence-electron chi connectivity index (χ0n) is 10.7. The third-order valence-corrected chi connectivity index (χ3v) is 2.16. The molecule has 0 fully saturated rings.